The van der Waals surface area contributed by atoms with Gasteiger partial charge in [0.25, 0.3) is 5.56 Å². The number of hydrogen-bond acceptors (Lipinski definition) is 4. The van der Waals surface area contributed by atoms with Gasteiger partial charge in [-0.1, -0.05) is 32.4 Å². The Morgan fingerprint density at radius 3 is 2.32 bits per heavy atom. The minimum absolute atomic E-state index is 0.196. The fourth-order valence-corrected chi connectivity index (χ4v) is 4.71. The van der Waals surface area contributed by atoms with Crippen molar-refractivity contribution in [3.63, 3.8) is 0 Å². The lowest BCUT2D eigenvalue weighted by molar-refractivity contribution is -0.00576. The van der Waals surface area contributed by atoms with E-state index in [-0.39, 0.29) is 10.6 Å². The lowest BCUT2D eigenvalue weighted by Gasteiger charge is -2.41. The third kappa shape index (κ3) is 5.01. The smallest absolute Gasteiger partial charge is 0.287 e. The van der Waals surface area contributed by atoms with Gasteiger partial charge >= 0.3 is 0 Å². The number of halogens is 1. The highest BCUT2D eigenvalue weighted by atomic mass is 35.5. The van der Waals surface area contributed by atoms with Crippen LogP contribution in [0.25, 0.3) is 0 Å². The van der Waals surface area contributed by atoms with Crippen molar-refractivity contribution >= 4 is 23.4 Å². The molecule has 0 radical (unpaired) electrons. The number of rotatable bonds is 3. The van der Waals surface area contributed by atoms with Crippen molar-refractivity contribution in [1.29, 1.82) is 0 Å². The van der Waals surface area contributed by atoms with Crippen molar-refractivity contribution in [3.05, 3.63) is 21.6 Å². The Morgan fingerprint density at radius 1 is 1.28 bits per heavy atom. The van der Waals surface area contributed by atoms with Crippen LogP contribution >= 0.6 is 23.4 Å². The van der Waals surface area contributed by atoms with Crippen molar-refractivity contribution < 1.29 is 5.11 Å². The summed E-state index contributed by atoms with van der Waals surface area (Å²) in [5, 5.41) is 15.3. The molecule has 1 heterocycles. The molecule has 0 saturated heterocycles. The van der Waals surface area contributed by atoms with Crippen LogP contribution in [-0.2, 0) is 5.54 Å². The molecule has 1 aromatic heterocycles. The molecule has 1 saturated carbocycles. The molecule has 2 rings (SSSR count). The van der Waals surface area contributed by atoms with Crippen LogP contribution in [0.1, 0.15) is 67.2 Å². The van der Waals surface area contributed by atoms with Gasteiger partial charge in [0.1, 0.15) is 5.02 Å². The zero-order valence-electron chi connectivity index (χ0n) is 16.2. The first-order valence-corrected chi connectivity index (χ1v) is 10.3. The molecule has 0 spiro atoms. The van der Waals surface area contributed by atoms with Gasteiger partial charge in [-0.2, -0.15) is 5.10 Å². The summed E-state index contributed by atoms with van der Waals surface area (Å²) in [5.74, 6) is 1.20. The van der Waals surface area contributed by atoms with Crippen molar-refractivity contribution in [2.24, 2.45) is 11.3 Å². The van der Waals surface area contributed by atoms with Gasteiger partial charge in [0, 0.05) is 5.75 Å². The van der Waals surface area contributed by atoms with Crippen LogP contribution in [0.4, 0.5) is 0 Å². The summed E-state index contributed by atoms with van der Waals surface area (Å²) in [6.07, 6.45) is 5.32. The van der Waals surface area contributed by atoms with Gasteiger partial charge in [-0.05, 0) is 57.8 Å². The fraction of sp³-hybridized carbons (Fsp3) is 0.789. The van der Waals surface area contributed by atoms with Gasteiger partial charge in [0.2, 0.25) is 0 Å². The predicted octanol–water partition coefficient (Wildman–Crippen LogP) is 4.71. The van der Waals surface area contributed by atoms with Crippen LogP contribution in [0.5, 0.6) is 0 Å². The molecular weight excluding hydrogens is 356 g/mol. The molecule has 4 nitrogen and oxygen atoms in total. The average molecular weight is 387 g/mol. The molecule has 1 aliphatic rings. The maximum absolute atomic E-state index is 12.4. The highest BCUT2D eigenvalue weighted by molar-refractivity contribution is 7.99. The van der Waals surface area contributed by atoms with Crippen molar-refractivity contribution in [3.8, 4) is 0 Å². The molecule has 0 unspecified atom stereocenters. The molecular formula is C19H31ClN2O2S. The van der Waals surface area contributed by atoms with E-state index in [2.05, 4.69) is 25.9 Å². The molecule has 142 valence electrons. The molecule has 0 aliphatic heterocycles. The second-order valence-electron chi connectivity index (χ2n) is 9.36. The Kier molecular flexibility index (Phi) is 6.02. The lowest BCUT2D eigenvalue weighted by Crippen LogP contribution is -2.39. The Morgan fingerprint density at radius 2 is 1.84 bits per heavy atom. The van der Waals surface area contributed by atoms with E-state index in [1.165, 1.54) is 16.4 Å². The van der Waals surface area contributed by atoms with Crippen LogP contribution in [0, 0.1) is 11.3 Å². The zero-order chi connectivity index (χ0) is 19.0. The molecule has 0 bridgehead atoms. The van der Waals surface area contributed by atoms with E-state index in [4.69, 9.17) is 11.6 Å². The van der Waals surface area contributed by atoms with Crippen LogP contribution in [0.2, 0.25) is 5.02 Å². The van der Waals surface area contributed by atoms with E-state index in [1.807, 2.05) is 20.8 Å². The second-order valence-corrected chi connectivity index (χ2v) is 10.8. The van der Waals surface area contributed by atoms with Crippen molar-refractivity contribution in [2.45, 2.75) is 83.3 Å². The summed E-state index contributed by atoms with van der Waals surface area (Å²) in [6.45, 7) is 12.6. The SMILES string of the molecule is CC(C)(C)C1CCC(O)(CSc2cnn(C(C)(C)C)c(=O)c2Cl)CC1. The van der Waals surface area contributed by atoms with E-state index in [0.717, 1.165) is 25.7 Å². The highest BCUT2D eigenvalue weighted by Crippen LogP contribution is 2.43. The standard InChI is InChI=1S/C19H31ClN2O2S/c1-17(2,3)13-7-9-19(24,10-8-13)12-25-14-11-21-22(18(4,5)6)16(23)15(14)20/h11,13,24H,7-10,12H2,1-6H3. The molecule has 0 atom stereocenters. The molecule has 6 heteroatoms. The van der Waals surface area contributed by atoms with Crippen LogP contribution in [0.15, 0.2) is 15.9 Å². The number of aromatic nitrogens is 2. The number of thioether (sulfide) groups is 1. The Balaban J connectivity index is 2.05. The summed E-state index contributed by atoms with van der Waals surface area (Å²) in [4.78, 5) is 13.1. The zero-order valence-corrected chi connectivity index (χ0v) is 17.8. The molecule has 1 N–H and O–H groups in total. The topological polar surface area (TPSA) is 55.1 Å². The third-order valence-corrected chi connectivity index (χ3v) is 6.94. The van der Waals surface area contributed by atoms with Gasteiger partial charge < -0.3 is 5.11 Å². The maximum Gasteiger partial charge on any atom is 0.287 e. The first kappa shape index (κ1) is 20.8. The van der Waals surface area contributed by atoms with Gasteiger partial charge in [-0.3, -0.25) is 4.79 Å². The Labute approximate surface area is 160 Å². The first-order valence-electron chi connectivity index (χ1n) is 8.97. The largest absolute Gasteiger partial charge is 0.389 e. The van der Waals surface area contributed by atoms with Gasteiger partial charge in [-0.25, -0.2) is 4.68 Å². The van der Waals surface area contributed by atoms with Crippen LogP contribution < -0.4 is 5.56 Å². The van der Waals surface area contributed by atoms with Crippen molar-refractivity contribution in [1.82, 2.24) is 9.78 Å². The number of nitrogens with zero attached hydrogens (tertiary/aromatic N) is 2. The summed E-state index contributed by atoms with van der Waals surface area (Å²) in [6, 6.07) is 0. The monoisotopic (exact) mass is 386 g/mol. The molecule has 0 aromatic carbocycles. The maximum atomic E-state index is 12.4. The van der Waals surface area contributed by atoms with E-state index in [0.29, 0.717) is 22.0 Å². The van der Waals surface area contributed by atoms with E-state index < -0.39 is 11.1 Å². The summed E-state index contributed by atoms with van der Waals surface area (Å²) in [5.41, 5.74) is -1.08. The lowest BCUT2D eigenvalue weighted by atomic mass is 9.69. The van der Waals surface area contributed by atoms with Gasteiger partial charge in [0.05, 0.1) is 22.2 Å². The summed E-state index contributed by atoms with van der Waals surface area (Å²) >= 11 is 7.71. The predicted molar refractivity (Wildman–Crippen MR) is 106 cm³/mol. The fourth-order valence-electron chi connectivity index (χ4n) is 3.37. The van der Waals surface area contributed by atoms with E-state index >= 15 is 0 Å². The van der Waals surface area contributed by atoms with E-state index in [9.17, 15) is 9.90 Å². The normalized spacial score (nSPS) is 25.2. The number of aliphatic hydroxyl groups is 1. The Hall–Kier alpha value is -0.520. The van der Waals surface area contributed by atoms with Crippen LogP contribution in [-0.4, -0.2) is 26.2 Å². The van der Waals surface area contributed by atoms with Gasteiger partial charge in [0.15, 0.2) is 0 Å². The molecule has 25 heavy (non-hydrogen) atoms. The molecule has 0 amide bonds. The minimum Gasteiger partial charge on any atom is -0.389 e. The molecule has 1 aliphatic carbocycles. The minimum atomic E-state index is -0.686. The quantitative estimate of drug-likeness (QED) is 0.764. The average Bonchev–Trinajstić information content (AvgIpc) is 2.47. The highest BCUT2D eigenvalue weighted by Gasteiger charge is 2.37. The third-order valence-electron chi connectivity index (χ3n) is 5.16. The van der Waals surface area contributed by atoms with Crippen LogP contribution in [0.3, 0.4) is 0 Å². The van der Waals surface area contributed by atoms with Crippen molar-refractivity contribution in [2.75, 3.05) is 5.75 Å². The van der Waals surface area contributed by atoms with Gasteiger partial charge in [-0.15, -0.1) is 11.8 Å². The molecule has 1 aromatic rings. The van der Waals surface area contributed by atoms with E-state index in [1.54, 1.807) is 6.20 Å². The number of hydrogen-bond donors (Lipinski definition) is 1. The Bertz CT molecular complexity index is 665. The first-order chi connectivity index (χ1) is 11.3. The summed E-state index contributed by atoms with van der Waals surface area (Å²) < 4.78 is 1.41. The second kappa shape index (κ2) is 7.24. The summed E-state index contributed by atoms with van der Waals surface area (Å²) in [7, 11) is 0. The molecule has 1 fully saturated rings.